The topological polar surface area (TPSA) is 95.5 Å². The van der Waals surface area contributed by atoms with Crippen molar-refractivity contribution < 1.29 is 19.0 Å². The Labute approximate surface area is 138 Å². The van der Waals surface area contributed by atoms with E-state index >= 15 is 0 Å². The van der Waals surface area contributed by atoms with Crippen molar-refractivity contribution in [2.75, 3.05) is 33.0 Å². The number of carbonyl (C=O) groups excluding carboxylic acids is 1. The zero-order valence-corrected chi connectivity index (χ0v) is 14.0. The van der Waals surface area contributed by atoms with Gasteiger partial charge in [-0.3, -0.25) is 0 Å². The van der Waals surface area contributed by atoms with Crippen LogP contribution < -0.4 is 5.73 Å². The molecule has 1 atom stereocenters. The zero-order chi connectivity index (χ0) is 16.8. The third kappa shape index (κ3) is 10.8. The van der Waals surface area contributed by atoms with Gasteiger partial charge in [0.1, 0.15) is 0 Å². The average molecular weight is 327 g/mol. The van der Waals surface area contributed by atoms with E-state index in [1.54, 1.807) is 0 Å². The smallest absolute Gasteiger partial charge is 0.404 e. The molecule has 7 heteroatoms. The molecule has 0 saturated carbocycles. The Balaban J connectivity index is 1.94. The molecule has 0 fully saturated rings. The van der Waals surface area contributed by atoms with Gasteiger partial charge in [-0.1, -0.05) is 13.0 Å². The number of primary amides is 1. The van der Waals surface area contributed by atoms with Crippen LogP contribution in [0.5, 0.6) is 0 Å². The number of nitrogens with zero attached hydrogens (tertiary/aromatic N) is 2. The molecule has 1 aliphatic rings. The van der Waals surface area contributed by atoms with Gasteiger partial charge in [0.05, 0.1) is 31.6 Å². The monoisotopic (exact) mass is 327 g/mol. The predicted octanol–water partition coefficient (Wildman–Crippen LogP) is 3.19. The molecule has 23 heavy (non-hydrogen) atoms. The highest BCUT2D eigenvalue weighted by molar-refractivity contribution is 5.64. The Morgan fingerprint density at radius 3 is 2.65 bits per heavy atom. The molecule has 1 aliphatic heterocycles. The van der Waals surface area contributed by atoms with Crippen LogP contribution >= 0.6 is 0 Å². The van der Waals surface area contributed by atoms with E-state index in [1.165, 1.54) is 0 Å². The molecule has 0 radical (unpaired) electrons. The quantitative estimate of drug-likeness (QED) is 0.525. The molecule has 1 unspecified atom stereocenters. The summed E-state index contributed by atoms with van der Waals surface area (Å²) in [7, 11) is 0. The Morgan fingerprint density at radius 1 is 1.22 bits per heavy atom. The lowest BCUT2D eigenvalue weighted by atomic mass is 10.1. The van der Waals surface area contributed by atoms with Crippen LogP contribution in [0.25, 0.3) is 0 Å². The lowest BCUT2D eigenvalue weighted by molar-refractivity contribution is 0.0464. The summed E-state index contributed by atoms with van der Waals surface area (Å²) in [5.41, 5.74) is 5.76. The van der Waals surface area contributed by atoms with Gasteiger partial charge in [0.25, 0.3) is 0 Å². The third-order valence-electron chi connectivity index (χ3n) is 3.37. The highest BCUT2D eigenvalue weighted by Gasteiger charge is 2.11. The Morgan fingerprint density at radius 2 is 2.00 bits per heavy atom. The van der Waals surface area contributed by atoms with E-state index in [1.807, 2.05) is 0 Å². The normalized spacial score (nSPS) is 17.1. The van der Waals surface area contributed by atoms with Crippen molar-refractivity contribution in [3.05, 3.63) is 11.8 Å². The van der Waals surface area contributed by atoms with Gasteiger partial charge in [0, 0.05) is 19.6 Å². The molecule has 0 bridgehead atoms. The Bertz CT molecular complexity index is 386. The second kappa shape index (κ2) is 13.0. The second-order valence-electron chi connectivity index (χ2n) is 5.44. The number of amides is 1. The molecule has 0 saturated heterocycles. The largest absolute Gasteiger partial charge is 0.449 e. The summed E-state index contributed by atoms with van der Waals surface area (Å²) in [4.78, 5) is 10.5. The van der Waals surface area contributed by atoms with Crippen molar-refractivity contribution >= 4 is 6.09 Å². The van der Waals surface area contributed by atoms with Gasteiger partial charge >= 0.3 is 6.09 Å². The molecule has 1 rings (SSSR count). The van der Waals surface area contributed by atoms with Crippen LogP contribution in [0.2, 0.25) is 0 Å². The van der Waals surface area contributed by atoms with Gasteiger partial charge in [-0.05, 0) is 32.1 Å². The molecule has 0 aromatic rings. The summed E-state index contributed by atoms with van der Waals surface area (Å²) in [6, 6.07) is 0.253. The van der Waals surface area contributed by atoms with Gasteiger partial charge in [0.2, 0.25) is 0 Å². The van der Waals surface area contributed by atoms with Crippen molar-refractivity contribution in [2.45, 2.75) is 51.5 Å². The number of hydrogen-bond acceptors (Lipinski definition) is 6. The number of azo groups is 1. The molecule has 0 spiro atoms. The molecule has 132 valence electrons. The van der Waals surface area contributed by atoms with E-state index in [9.17, 15) is 4.79 Å². The summed E-state index contributed by atoms with van der Waals surface area (Å²) in [6.07, 6.45) is 6.93. The van der Waals surface area contributed by atoms with E-state index in [4.69, 9.17) is 15.2 Å². The van der Waals surface area contributed by atoms with E-state index in [2.05, 4.69) is 28.0 Å². The fourth-order valence-electron chi connectivity index (χ4n) is 2.15. The number of nitrogens with two attached hydrogens (primary N) is 1. The summed E-state index contributed by atoms with van der Waals surface area (Å²) < 4.78 is 15.5. The molecule has 2 N–H and O–H groups in total. The minimum absolute atomic E-state index is 0.253. The predicted molar refractivity (Wildman–Crippen MR) is 87.3 cm³/mol. The average Bonchev–Trinajstić information content (AvgIpc) is 2.54. The van der Waals surface area contributed by atoms with Crippen LogP contribution in [0.1, 0.15) is 45.4 Å². The van der Waals surface area contributed by atoms with E-state index in [-0.39, 0.29) is 12.6 Å². The van der Waals surface area contributed by atoms with Gasteiger partial charge in [-0.2, -0.15) is 10.2 Å². The Kier molecular flexibility index (Phi) is 11.1. The molecule has 1 heterocycles. The van der Waals surface area contributed by atoms with Crippen LogP contribution in [0.15, 0.2) is 22.0 Å². The van der Waals surface area contributed by atoms with Crippen molar-refractivity contribution in [3.8, 4) is 0 Å². The number of hydrogen-bond donors (Lipinski definition) is 1. The highest BCUT2D eigenvalue weighted by Crippen LogP contribution is 2.19. The lowest BCUT2D eigenvalue weighted by Gasteiger charge is -2.14. The highest BCUT2D eigenvalue weighted by atomic mass is 16.5. The fraction of sp³-hybridized carbons (Fsp3) is 0.812. The van der Waals surface area contributed by atoms with Crippen LogP contribution in [0, 0.1) is 0 Å². The van der Waals surface area contributed by atoms with Gasteiger partial charge in [-0.25, -0.2) is 4.79 Å². The molecular formula is C16H29N3O4. The minimum Gasteiger partial charge on any atom is -0.449 e. The number of carbonyl (C=O) groups is 1. The summed E-state index contributed by atoms with van der Waals surface area (Å²) in [6.45, 7) is 5.27. The molecular weight excluding hydrogens is 298 g/mol. The second-order valence-corrected chi connectivity index (χ2v) is 5.44. The van der Waals surface area contributed by atoms with Crippen LogP contribution in [-0.2, 0) is 14.2 Å². The maximum atomic E-state index is 10.5. The molecule has 7 nitrogen and oxygen atoms in total. The number of rotatable bonds is 13. The summed E-state index contributed by atoms with van der Waals surface area (Å²) >= 11 is 0. The number of unbranched alkanes of at least 4 members (excludes halogenated alkanes) is 1. The Hall–Kier alpha value is -1.47. The van der Waals surface area contributed by atoms with E-state index in [0.717, 1.165) is 51.0 Å². The lowest BCUT2D eigenvalue weighted by Crippen LogP contribution is -2.14. The maximum Gasteiger partial charge on any atom is 0.404 e. The van der Waals surface area contributed by atoms with Gasteiger partial charge in [0.15, 0.2) is 0 Å². The maximum absolute atomic E-state index is 10.5. The van der Waals surface area contributed by atoms with E-state index < -0.39 is 6.09 Å². The first-order valence-electron chi connectivity index (χ1n) is 8.40. The first kappa shape index (κ1) is 19.6. The molecule has 0 aliphatic carbocycles. The third-order valence-corrected chi connectivity index (χ3v) is 3.37. The van der Waals surface area contributed by atoms with Crippen molar-refractivity contribution in [3.63, 3.8) is 0 Å². The minimum atomic E-state index is -0.754. The fourth-order valence-corrected chi connectivity index (χ4v) is 2.15. The first-order chi connectivity index (χ1) is 11.2. The molecule has 0 aromatic heterocycles. The van der Waals surface area contributed by atoms with Crippen molar-refractivity contribution in [2.24, 2.45) is 16.0 Å². The molecule has 1 amide bonds. The molecule has 0 aromatic carbocycles. The van der Waals surface area contributed by atoms with Crippen LogP contribution in [0.3, 0.4) is 0 Å². The standard InChI is InChI=1S/C16H29N3O4/c1-2-9-21-12-13-22-10-4-3-5-14-6-7-15(19-18-14)8-11-23-16(17)20/h7,14H,2-6,8-13H2,1H3,(H2,17,20). The van der Waals surface area contributed by atoms with Crippen LogP contribution in [0.4, 0.5) is 4.79 Å². The zero-order valence-electron chi connectivity index (χ0n) is 14.0. The van der Waals surface area contributed by atoms with Crippen molar-refractivity contribution in [1.82, 2.24) is 0 Å². The van der Waals surface area contributed by atoms with Crippen LogP contribution in [-0.4, -0.2) is 45.2 Å². The summed E-state index contributed by atoms with van der Waals surface area (Å²) in [5.74, 6) is 0. The number of ether oxygens (including phenoxy) is 3. The van der Waals surface area contributed by atoms with Crippen molar-refractivity contribution in [1.29, 1.82) is 0 Å². The summed E-state index contributed by atoms with van der Waals surface area (Å²) in [5, 5.41) is 8.47. The SMILES string of the molecule is CCCOCCOCCCCC1CC=C(CCOC(N)=O)N=N1. The van der Waals surface area contributed by atoms with Gasteiger partial charge in [-0.15, -0.1) is 0 Å². The van der Waals surface area contributed by atoms with E-state index in [0.29, 0.717) is 19.6 Å². The van der Waals surface area contributed by atoms with Gasteiger partial charge < -0.3 is 19.9 Å². The first-order valence-corrected chi connectivity index (χ1v) is 8.40.